The van der Waals surface area contributed by atoms with Crippen LogP contribution in [0.15, 0.2) is 46.2 Å². The Morgan fingerprint density at radius 3 is 2.65 bits per heavy atom. The monoisotopic (exact) mass is 291 g/mol. The smallest absolute Gasteiger partial charge is 0.126 e. The lowest BCUT2D eigenvalue weighted by atomic mass is 10.1. The van der Waals surface area contributed by atoms with Crippen LogP contribution in [0.2, 0.25) is 0 Å². The summed E-state index contributed by atoms with van der Waals surface area (Å²) in [6.45, 7) is 3.62. The van der Waals surface area contributed by atoms with Crippen molar-refractivity contribution in [2.45, 2.75) is 29.7 Å². The third-order valence-electron chi connectivity index (χ3n) is 3.05. The van der Waals surface area contributed by atoms with Gasteiger partial charge in [-0.1, -0.05) is 17.8 Å². The zero-order chi connectivity index (χ0) is 14.7. The minimum Gasteiger partial charge on any atom is -0.497 e. The van der Waals surface area contributed by atoms with E-state index in [1.165, 1.54) is 6.07 Å². The van der Waals surface area contributed by atoms with E-state index in [2.05, 4.69) is 0 Å². The average molecular weight is 291 g/mol. The summed E-state index contributed by atoms with van der Waals surface area (Å²) in [6.07, 6.45) is 0. The minimum atomic E-state index is -0.215. The topological polar surface area (TPSA) is 35.2 Å². The number of halogens is 1. The number of methoxy groups -OCH3 is 1. The normalized spacial score (nSPS) is 12.2. The Morgan fingerprint density at radius 2 is 2.00 bits per heavy atom. The Labute approximate surface area is 123 Å². The van der Waals surface area contributed by atoms with Gasteiger partial charge in [-0.15, -0.1) is 0 Å². The van der Waals surface area contributed by atoms with Gasteiger partial charge in [0, 0.05) is 15.8 Å². The van der Waals surface area contributed by atoms with Crippen molar-refractivity contribution in [1.82, 2.24) is 0 Å². The second kappa shape index (κ2) is 6.29. The largest absolute Gasteiger partial charge is 0.497 e. The molecule has 0 radical (unpaired) electrons. The summed E-state index contributed by atoms with van der Waals surface area (Å²) in [7, 11) is 1.64. The first kappa shape index (κ1) is 14.9. The summed E-state index contributed by atoms with van der Waals surface area (Å²) in [5, 5.41) is 0. The fourth-order valence-electron chi connectivity index (χ4n) is 1.91. The van der Waals surface area contributed by atoms with Crippen molar-refractivity contribution in [3.8, 4) is 5.75 Å². The molecule has 0 saturated heterocycles. The molecule has 0 bridgehead atoms. The molecular weight excluding hydrogens is 273 g/mol. The third-order valence-corrected chi connectivity index (χ3v) is 4.11. The zero-order valence-electron chi connectivity index (χ0n) is 11.8. The van der Waals surface area contributed by atoms with Crippen molar-refractivity contribution in [2.75, 3.05) is 7.11 Å². The van der Waals surface area contributed by atoms with Gasteiger partial charge in [0.15, 0.2) is 0 Å². The van der Waals surface area contributed by atoms with Gasteiger partial charge in [-0.25, -0.2) is 4.39 Å². The molecule has 1 atom stereocenters. The van der Waals surface area contributed by atoms with E-state index in [0.717, 1.165) is 21.1 Å². The molecule has 0 aliphatic heterocycles. The Balaban J connectivity index is 2.39. The molecular formula is C16H18FNOS. The fraction of sp³-hybridized carbons (Fsp3) is 0.250. The van der Waals surface area contributed by atoms with Crippen LogP contribution in [0.3, 0.4) is 0 Å². The molecule has 2 N–H and O–H groups in total. The van der Waals surface area contributed by atoms with Crippen LogP contribution in [0.5, 0.6) is 5.75 Å². The number of hydrogen-bond donors (Lipinski definition) is 1. The second-order valence-corrected chi connectivity index (χ2v) is 5.82. The number of hydrogen-bond acceptors (Lipinski definition) is 3. The summed E-state index contributed by atoms with van der Waals surface area (Å²) in [6, 6.07) is 10.9. The lowest BCUT2D eigenvalue weighted by Gasteiger charge is -2.14. The first-order chi connectivity index (χ1) is 9.51. The molecule has 0 aliphatic carbocycles. The zero-order valence-corrected chi connectivity index (χ0v) is 12.6. The summed E-state index contributed by atoms with van der Waals surface area (Å²) in [4.78, 5) is 2.02. The molecule has 0 saturated carbocycles. The van der Waals surface area contributed by atoms with Gasteiger partial charge in [0.2, 0.25) is 0 Å². The number of rotatable bonds is 4. The predicted octanol–water partition coefficient (Wildman–Crippen LogP) is 4.31. The molecule has 4 heteroatoms. The molecule has 0 aromatic heterocycles. The van der Waals surface area contributed by atoms with Gasteiger partial charge < -0.3 is 10.5 Å². The maximum atomic E-state index is 13.7. The Hall–Kier alpha value is -1.52. The summed E-state index contributed by atoms with van der Waals surface area (Å²) in [5.41, 5.74) is 7.38. The Bertz CT molecular complexity index is 613. The highest BCUT2D eigenvalue weighted by atomic mass is 32.2. The second-order valence-electron chi connectivity index (χ2n) is 4.71. The van der Waals surface area contributed by atoms with Gasteiger partial charge in [-0.2, -0.15) is 0 Å². The van der Waals surface area contributed by atoms with Crippen LogP contribution in [0.1, 0.15) is 24.1 Å². The Kier molecular flexibility index (Phi) is 4.68. The van der Waals surface area contributed by atoms with E-state index in [1.54, 1.807) is 25.8 Å². The van der Waals surface area contributed by atoms with Crippen LogP contribution in [0.25, 0.3) is 0 Å². The van der Waals surface area contributed by atoms with Crippen LogP contribution in [-0.4, -0.2) is 7.11 Å². The molecule has 0 amide bonds. The maximum absolute atomic E-state index is 13.7. The maximum Gasteiger partial charge on any atom is 0.126 e. The molecule has 0 aliphatic rings. The highest BCUT2D eigenvalue weighted by molar-refractivity contribution is 7.99. The van der Waals surface area contributed by atoms with Crippen molar-refractivity contribution < 1.29 is 9.13 Å². The lowest BCUT2D eigenvalue weighted by Crippen LogP contribution is -2.07. The van der Waals surface area contributed by atoms with E-state index in [4.69, 9.17) is 10.5 Å². The van der Waals surface area contributed by atoms with Crippen molar-refractivity contribution >= 4 is 11.8 Å². The van der Waals surface area contributed by atoms with Crippen molar-refractivity contribution in [3.63, 3.8) is 0 Å². The van der Waals surface area contributed by atoms with E-state index in [-0.39, 0.29) is 11.9 Å². The predicted molar refractivity (Wildman–Crippen MR) is 80.9 cm³/mol. The lowest BCUT2D eigenvalue weighted by molar-refractivity contribution is 0.413. The van der Waals surface area contributed by atoms with E-state index >= 15 is 0 Å². The molecule has 2 aromatic carbocycles. The molecule has 106 valence electrons. The average Bonchev–Trinajstić information content (AvgIpc) is 2.42. The van der Waals surface area contributed by atoms with Crippen LogP contribution >= 0.6 is 11.8 Å². The van der Waals surface area contributed by atoms with Crippen molar-refractivity contribution in [1.29, 1.82) is 0 Å². The molecule has 0 heterocycles. The molecule has 20 heavy (non-hydrogen) atoms. The van der Waals surface area contributed by atoms with Gasteiger partial charge in [-0.05, 0) is 55.3 Å². The standard InChI is InChI=1S/C16H18FNOS/c1-10-7-16(14(11(2)18)9-15(10)17)20-13-6-4-5-12(8-13)19-3/h4-9,11H,18H2,1-3H3/t11-/m0/s1. The highest BCUT2D eigenvalue weighted by Crippen LogP contribution is 2.35. The molecule has 2 aromatic rings. The third kappa shape index (κ3) is 3.32. The number of benzene rings is 2. The SMILES string of the molecule is COc1cccc(Sc2cc(C)c(F)cc2[C@H](C)N)c1. The van der Waals surface area contributed by atoms with E-state index in [1.807, 2.05) is 37.3 Å². The van der Waals surface area contributed by atoms with Crippen molar-refractivity contribution in [3.05, 3.63) is 53.3 Å². The number of ether oxygens (including phenoxy) is 1. The first-order valence-electron chi connectivity index (χ1n) is 6.39. The molecule has 2 nitrogen and oxygen atoms in total. The van der Waals surface area contributed by atoms with Crippen LogP contribution in [-0.2, 0) is 0 Å². The van der Waals surface area contributed by atoms with E-state index in [9.17, 15) is 4.39 Å². The Morgan fingerprint density at radius 1 is 1.25 bits per heavy atom. The molecule has 0 spiro atoms. The van der Waals surface area contributed by atoms with Gasteiger partial charge in [0.1, 0.15) is 11.6 Å². The minimum absolute atomic E-state index is 0.210. The summed E-state index contributed by atoms with van der Waals surface area (Å²) in [5.74, 6) is 0.587. The molecule has 0 unspecified atom stereocenters. The number of aryl methyl sites for hydroxylation is 1. The van der Waals surface area contributed by atoms with Gasteiger partial charge in [-0.3, -0.25) is 0 Å². The molecule has 2 rings (SSSR count). The highest BCUT2D eigenvalue weighted by Gasteiger charge is 2.12. The van der Waals surface area contributed by atoms with Crippen LogP contribution in [0.4, 0.5) is 4.39 Å². The summed E-state index contributed by atoms with van der Waals surface area (Å²) < 4.78 is 18.9. The quantitative estimate of drug-likeness (QED) is 0.911. The van der Waals surface area contributed by atoms with E-state index < -0.39 is 0 Å². The fourth-order valence-corrected chi connectivity index (χ4v) is 3.08. The summed E-state index contributed by atoms with van der Waals surface area (Å²) >= 11 is 1.57. The molecule has 0 fully saturated rings. The van der Waals surface area contributed by atoms with Gasteiger partial charge >= 0.3 is 0 Å². The van der Waals surface area contributed by atoms with Crippen LogP contribution in [0, 0.1) is 12.7 Å². The first-order valence-corrected chi connectivity index (χ1v) is 7.20. The van der Waals surface area contributed by atoms with E-state index in [0.29, 0.717) is 5.56 Å². The van der Waals surface area contributed by atoms with Gasteiger partial charge in [0.25, 0.3) is 0 Å². The number of nitrogens with two attached hydrogens (primary N) is 1. The van der Waals surface area contributed by atoms with Gasteiger partial charge in [0.05, 0.1) is 7.11 Å². The van der Waals surface area contributed by atoms with Crippen molar-refractivity contribution in [2.24, 2.45) is 5.73 Å². The van der Waals surface area contributed by atoms with Crippen LogP contribution < -0.4 is 10.5 Å².